The van der Waals surface area contributed by atoms with E-state index in [9.17, 15) is 0 Å². The van der Waals surface area contributed by atoms with E-state index in [4.69, 9.17) is 0 Å². The molecule has 0 bridgehead atoms. The quantitative estimate of drug-likeness (QED) is 0.852. The molecule has 2 aliphatic rings. The second kappa shape index (κ2) is 6.80. The number of piperidine rings is 1. The van der Waals surface area contributed by atoms with Crippen molar-refractivity contribution in [3.05, 3.63) is 15.9 Å². The molecule has 1 N–H and O–H groups in total. The highest BCUT2D eigenvalue weighted by molar-refractivity contribution is 9.10. The first-order valence-corrected chi connectivity index (χ1v) is 9.13. The molecule has 21 heavy (non-hydrogen) atoms. The van der Waals surface area contributed by atoms with Crippen molar-refractivity contribution in [2.45, 2.75) is 51.6 Å². The highest BCUT2D eigenvalue weighted by Gasteiger charge is 2.32. The van der Waals surface area contributed by atoms with Gasteiger partial charge in [-0.2, -0.15) is 5.10 Å². The normalized spacial score (nSPS) is 20.4. The minimum atomic E-state index is 0.812. The van der Waals surface area contributed by atoms with Crippen LogP contribution in [0.4, 0.5) is 0 Å². The van der Waals surface area contributed by atoms with Gasteiger partial charge < -0.3 is 5.32 Å². The van der Waals surface area contributed by atoms with Gasteiger partial charge in [0.2, 0.25) is 0 Å². The lowest BCUT2D eigenvalue weighted by Crippen LogP contribution is -2.37. The molecule has 2 heterocycles. The zero-order chi connectivity index (χ0) is 14.8. The summed E-state index contributed by atoms with van der Waals surface area (Å²) in [7, 11) is 2.08. The van der Waals surface area contributed by atoms with Crippen molar-refractivity contribution in [1.82, 2.24) is 20.0 Å². The molecular formula is C16H27BrN4. The van der Waals surface area contributed by atoms with Crippen molar-refractivity contribution < 1.29 is 0 Å². The zero-order valence-electron chi connectivity index (χ0n) is 13.2. The third-order valence-corrected chi connectivity index (χ3v) is 5.79. The van der Waals surface area contributed by atoms with Gasteiger partial charge in [0.1, 0.15) is 0 Å². The molecule has 2 fully saturated rings. The predicted octanol–water partition coefficient (Wildman–Crippen LogP) is 2.71. The van der Waals surface area contributed by atoms with Crippen LogP contribution in [0, 0.1) is 5.92 Å². The van der Waals surface area contributed by atoms with Crippen molar-refractivity contribution in [3.8, 4) is 0 Å². The minimum absolute atomic E-state index is 0.812. The lowest BCUT2D eigenvalue weighted by Gasteiger charge is -2.30. The van der Waals surface area contributed by atoms with Gasteiger partial charge in [-0.3, -0.25) is 9.58 Å². The Hall–Kier alpha value is -0.390. The van der Waals surface area contributed by atoms with Gasteiger partial charge in [0.05, 0.1) is 15.9 Å². The van der Waals surface area contributed by atoms with Gasteiger partial charge in [-0.1, -0.05) is 6.92 Å². The fraction of sp³-hybridized carbons (Fsp3) is 0.812. The van der Waals surface area contributed by atoms with Crippen molar-refractivity contribution in [2.24, 2.45) is 13.0 Å². The fourth-order valence-corrected chi connectivity index (χ4v) is 4.10. The van der Waals surface area contributed by atoms with Gasteiger partial charge >= 0.3 is 0 Å². The maximum absolute atomic E-state index is 4.64. The molecule has 1 saturated heterocycles. The minimum Gasteiger partial charge on any atom is -0.317 e. The van der Waals surface area contributed by atoms with Gasteiger partial charge in [-0.05, 0) is 67.0 Å². The molecule has 1 aliphatic heterocycles. The van der Waals surface area contributed by atoms with Crippen LogP contribution in [-0.2, 0) is 20.0 Å². The number of rotatable bonds is 6. The Morgan fingerprint density at radius 3 is 2.57 bits per heavy atom. The number of halogens is 1. The predicted molar refractivity (Wildman–Crippen MR) is 89.3 cm³/mol. The number of aryl methyl sites for hydroxylation is 2. The Bertz CT molecular complexity index is 475. The summed E-state index contributed by atoms with van der Waals surface area (Å²) < 4.78 is 3.30. The molecule has 5 heteroatoms. The molecule has 1 aromatic rings. The summed E-state index contributed by atoms with van der Waals surface area (Å²) in [5.41, 5.74) is 2.53. The van der Waals surface area contributed by atoms with E-state index in [0.29, 0.717) is 0 Å². The van der Waals surface area contributed by atoms with E-state index in [2.05, 4.69) is 49.9 Å². The van der Waals surface area contributed by atoms with E-state index in [1.165, 1.54) is 61.2 Å². The second-order valence-corrected chi connectivity index (χ2v) is 7.33. The molecular weight excluding hydrogens is 328 g/mol. The van der Waals surface area contributed by atoms with E-state index in [1.54, 1.807) is 0 Å². The molecule has 1 saturated carbocycles. The highest BCUT2D eigenvalue weighted by atomic mass is 79.9. The smallest absolute Gasteiger partial charge is 0.0767 e. The number of hydrogen-bond acceptors (Lipinski definition) is 3. The number of hydrogen-bond donors (Lipinski definition) is 1. The molecule has 1 aliphatic carbocycles. The van der Waals surface area contributed by atoms with Crippen molar-refractivity contribution >= 4 is 15.9 Å². The first-order valence-electron chi connectivity index (χ1n) is 8.34. The summed E-state index contributed by atoms with van der Waals surface area (Å²) in [6.07, 6.45) is 6.40. The SMILES string of the molecule is CCc1nn(C)c(CN(CC2CCNCC2)C2CC2)c1Br. The van der Waals surface area contributed by atoms with Gasteiger partial charge in [0.15, 0.2) is 0 Å². The lowest BCUT2D eigenvalue weighted by atomic mass is 9.97. The highest BCUT2D eigenvalue weighted by Crippen LogP contribution is 2.32. The second-order valence-electron chi connectivity index (χ2n) is 6.54. The van der Waals surface area contributed by atoms with Crippen LogP contribution in [0.3, 0.4) is 0 Å². The van der Waals surface area contributed by atoms with Crippen LogP contribution in [0.25, 0.3) is 0 Å². The third-order valence-electron chi connectivity index (χ3n) is 4.87. The molecule has 1 aromatic heterocycles. The van der Waals surface area contributed by atoms with E-state index in [0.717, 1.165) is 24.9 Å². The summed E-state index contributed by atoms with van der Waals surface area (Å²) >= 11 is 3.77. The van der Waals surface area contributed by atoms with Crippen LogP contribution < -0.4 is 5.32 Å². The maximum Gasteiger partial charge on any atom is 0.0767 e. The number of nitrogens with zero attached hydrogens (tertiary/aromatic N) is 3. The topological polar surface area (TPSA) is 33.1 Å². The van der Waals surface area contributed by atoms with Crippen LogP contribution >= 0.6 is 15.9 Å². The molecule has 0 unspecified atom stereocenters. The largest absolute Gasteiger partial charge is 0.317 e. The van der Waals surface area contributed by atoms with Crippen LogP contribution in [0.2, 0.25) is 0 Å². The van der Waals surface area contributed by atoms with Gasteiger partial charge in [-0.15, -0.1) is 0 Å². The van der Waals surface area contributed by atoms with Crippen molar-refractivity contribution in [3.63, 3.8) is 0 Å². The summed E-state index contributed by atoms with van der Waals surface area (Å²) in [4.78, 5) is 2.71. The maximum atomic E-state index is 4.64. The number of aromatic nitrogens is 2. The Morgan fingerprint density at radius 1 is 1.29 bits per heavy atom. The standard InChI is InChI=1S/C16H27BrN4/c1-3-14-16(17)15(20(2)19-14)11-21(13-4-5-13)10-12-6-8-18-9-7-12/h12-13,18H,3-11H2,1-2H3. The monoisotopic (exact) mass is 354 g/mol. The molecule has 4 nitrogen and oxygen atoms in total. The Balaban J connectivity index is 1.68. The summed E-state index contributed by atoms with van der Waals surface area (Å²) in [6.45, 7) is 6.85. The lowest BCUT2D eigenvalue weighted by molar-refractivity contribution is 0.186. The average Bonchev–Trinajstić information content (AvgIpc) is 3.30. The van der Waals surface area contributed by atoms with Gasteiger partial charge in [0, 0.05) is 26.2 Å². The fourth-order valence-electron chi connectivity index (χ4n) is 3.36. The van der Waals surface area contributed by atoms with Gasteiger partial charge in [0.25, 0.3) is 0 Å². The van der Waals surface area contributed by atoms with Crippen LogP contribution in [0.15, 0.2) is 4.47 Å². The van der Waals surface area contributed by atoms with Crippen LogP contribution in [0.1, 0.15) is 44.0 Å². The van der Waals surface area contributed by atoms with E-state index in [-0.39, 0.29) is 0 Å². The van der Waals surface area contributed by atoms with Gasteiger partial charge in [-0.25, -0.2) is 0 Å². The molecule has 0 spiro atoms. The molecule has 3 rings (SSSR count). The molecule has 0 atom stereocenters. The van der Waals surface area contributed by atoms with Crippen molar-refractivity contribution in [2.75, 3.05) is 19.6 Å². The van der Waals surface area contributed by atoms with Crippen LogP contribution in [-0.4, -0.2) is 40.4 Å². The Morgan fingerprint density at radius 2 is 2.00 bits per heavy atom. The molecule has 0 radical (unpaired) electrons. The third kappa shape index (κ3) is 3.69. The Kier molecular flexibility index (Phi) is 5.02. The average molecular weight is 355 g/mol. The van der Waals surface area contributed by atoms with Crippen molar-refractivity contribution in [1.29, 1.82) is 0 Å². The molecule has 118 valence electrons. The summed E-state index contributed by atoms with van der Waals surface area (Å²) in [5.74, 6) is 0.865. The van der Waals surface area contributed by atoms with E-state index < -0.39 is 0 Å². The van der Waals surface area contributed by atoms with E-state index in [1.807, 2.05) is 0 Å². The molecule has 0 aromatic carbocycles. The van der Waals surface area contributed by atoms with E-state index >= 15 is 0 Å². The Labute approximate surface area is 136 Å². The summed E-state index contributed by atoms with van der Waals surface area (Å²) in [5, 5.41) is 8.11. The zero-order valence-corrected chi connectivity index (χ0v) is 14.8. The van der Waals surface area contributed by atoms with Crippen LogP contribution in [0.5, 0.6) is 0 Å². The first kappa shape index (κ1) is 15.5. The summed E-state index contributed by atoms with van der Waals surface area (Å²) in [6, 6.07) is 0.812. The first-order chi connectivity index (χ1) is 10.2. The molecule has 0 amide bonds. The number of nitrogens with one attached hydrogen (secondary N) is 1.